The van der Waals surface area contributed by atoms with Crippen molar-refractivity contribution in [3.05, 3.63) is 53.1 Å². The number of carbonyl (C=O) groups excluding carboxylic acids is 1. The second kappa shape index (κ2) is 7.45. The van der Waals surface area contributed by atoms with Crippen LogP contribution in [0, 0.1) is 0 Å². The molecule has 1 saturated heterocycles. The SMILES string of the molecule is Nc1ccn([C@]2(C(=O)COc3ccccc3)O[C@H](CO)[C@@H](O)[C@H]2O)c(=O)n1. The van der Waals surface area contributed by atoms with Gasteiger partial charge in [-0.3, -0.25) is 9.36 Å². The van der Waals surface area contributed by atoms with Crippen LogP contribution < -0.4 is 16.2 Å². The third-order valence-corrected chi connectivity index (χ3v) is 4.31. The minimum Gasteiger partial charge on any atom is -0.486 e. The average molecular weight is 377 g/mol. The molecule has 0 spiro atoms. The Hall–Kier alpha value is -2.79. The van der Waals surface area contributed by atoms with Crippen molar-refractivity contribution in [3.8, 4) is 5.75 Å². The number of hydrogen-bond acceptors (Lipinski definition) is 9. The minimum absolute atomic E-state index is 0.0915. The molecule has 1 aromatic heterocycles. The van der Waals surface area contributed by atoms with Crippen molar-refractivity contribution in [3.63, 3.8) is 0 Å². The fourth-order valence-corrected chi connectivity index (χ4v) is 2.95. The first kappa shape index (κ1) is 19.0. The molecule has 1 aliphatic rings. The summed E-state index contributed by atoms with van der Waals surface area (Å²) in [6.07, 6.45) is -3.62. The highest BCUT2D eigenvalue weighted by molar-refractivity contribution is 5.87. The average Bonchev–Trinajstić information content (AvgIpc) is 2.92. The van der Waals surface area contributed by atoms with Crippen LogP contribution in [0.25, 0.3) is 0 Å². The van der Waals surface area contributed by atoms with E-state index in [4.69, 9.17) is 15.2 Å². The normalized spacial score (nSPS) is 27.4. The lowest BCUT2D eigenvalue weighted by atomic mass is 9.98. The number of nitrogens with two attached hydrogens (primary N) is 1. The number of anilines is 1. The monoisotopic (exact) mass is 377 g/mol. The van der Waals surface area contributed by atoms with Crippen LogP contribution in [0.3, 0.4) is 0 Å². The topological polar surface area (TPSA) is 157 Å². The number of para-hydroxylation sites is 1. The van der Waals surface area contributed by atoms with Crippen LogP contribution in [0.4, 0.5) is 5.82 Å². The van der Waals surface area contributed by atoms with Gasteiger partial charge in [0, 0.05) is 6.20 Å². The predicted molar refractivity (Wildman–Crippen MR) is 91.8 cm³/mol. The van der Waals surface area contributed by atoms with Gasteiger partial charge in [-0.25, -0.2) is 4.79 Å². The molecule has 1 fully saturated rings. The molecule has 2 heterocycles. The van der Waals surface area contributed by atoms with E-state index in [2.05, 4.69) is 4.98 Å². The molecular formula is C17H19N3O7. The molecule has 0 saturated carbocycles. The Morgan fingerprint density at radius 2 is 2.00 bits per heavy atom. The summed E-state index contributed by atoms with van der Waals surface area (Å²) in [6, 6.07) is 9.65. The number of carbonyl (C=O) groups is 1. The highest BCUT2D eigenvalue weighted by atomic mass is 16.6. The van der Waals surface area contributed by atoms with Gasteiger partial charge in [-0.2, -0.15) is 4.98 Å². The van der Waals surface area contributed by atoms with Gasteiger partial charge in [-0.05, 0) is 18.2 Å². The summed E-state index contributed by atoms with van der Waals surface area (Å²) in [4.78, 5) is 28.8. The summed E-state index contributed by atoms with van der Waals surface area (Å²) in [5.74, 6) is -0.552. The summed E-state index contributed by atoms with van der Waals surface area (Å²) in [7, 11) is 0. The quantitative estimate of drug-likeness (QED) is 0.458. The van der Waals surface area contributed by atoms with Crippen LogP contribution in [0.5, 0.6) is 5.75 Å². The molecule has 144 valence electrons. The zero-order valence-corrected chi connectivity index (χ0v) is 14.1. The van der Waals surface area contributed by atoms with Crippen molar-refractivity contribution in [1.82, 2.24) is 9.55 Å². The second-order valence-corrected chi connectivity index (χ2v) is 6.00. The van der Waals surface area contributed by atoms with Crippen LogP contribution in [-0.4, -0.2) is 62.2 Å². The number of rotatable bonds is 6. The van der Waals surface area contributed by atoms with Crippen LogP contribution in [0.1, 0.15) is 0 Å². The van der Waals surface area contributed by atoms with Gasteiger partial charge >= 0.3 is 5.69 Å². The number of hydrogen-bond donors (Lipinski definition) is 4. The molecule has 10 heteroatoms. The van der Waals surface area contributed by atoms with Crippen molar-refractivity contribution in [1.29, 1.82) is 0 Å². The zero-order chi connectivity index (χ0) is 19.6. The lowest BCUT2D eigenvalue weighted by molar-refractivity contribution is -0.178. The molecule has 2 aromatic rings. The Morgan fingerprint density at radius 3 is 2.59 bits per heavy atom. The first-order valence-corrected chi connectivity index (χ1v) is 8.11. The molecule has 27 heavy (non-hydrogen) atoms. The molecule has 0 bridgehead atoms. The number of aliphatic hydroxyl groups is 3. The van der Waals surface area contributed by atoms with E-state index in [1.165, 1.54) is 6.07 Å². The van der Waals surface area contributed by atoms with Crippen molar-refractivity contribution in [2.24, 2.45) is 0 Å². The Morgan fingerprint density at radius 1 is 1.30 bits per heavy atom. The van der Waals surface area contributed by atoms with Gasteiger partial charge in [0.25, 0.3) is 0 Å². The maximum Gasteiger partial charge on any atom is 0.352 e. The van der Waals surface area contributed by atoms with E-state index in [0.717, 1.165) is 10.8 Å². The first-order valence-electron chi connectivity index (χ1n) is 8.11. The zero-order valence-electron chi connectivity index (χ0n) is 14.1. The van der Waals surface area contributed by atoms with E-state index >= 15 is 0 Å². The van der Waals surface area contributed by atoms with E-state index in [1.807, 2.05) is 0 Å². The highest BCUT2D eigenvalue weighted by Gasteiger charge is 2.60. The van der Waals surface area contributed by atoms with Crippen LogP contribution in [-0.2, 0) is 15.3 Å². The molecule has 0 unspecified atom stereocenters. The van der Waals surface area contributed by atoms with Gasteiger partial charge in [0.05, 0.1) is 6.61 Å². The Labute approximate surface area is 153 Å². The van der Waals surface area contributed by atoms with E-state index < -0.39 is 48.7 Å². The van der Waals surface area contributed by atoms with Crippen molar-refractivity contribution < 1.29 is 29.6 Å². The number of ketones is 1. The van der Waals surface area contributed by atoms with Crippen LogP contribution >= 0.6 is 0 Å². The molecule has 10 nitrogen and oxygen atoms in total. The summed E-state index contributed by atoms with van der Waals surface area (Å²) < 4.78 is 11.6. The van der Waals surface area contributed by atoms with E-state index in [0.29, 0.717) is 5.75 Å². The molecule has 0 amide bonds. The number of aromatic nitrogens is 2. The highest BCUT2D eigenvalue weighted by Crippen LogP contribution is 2.36. The molecular weight excluding hydrogens is 358 g/mol. The summed E-state index contributed by atoms with van der Waals surface area (Å²) >= 11 is 0. The van der Waals surface area contributed by atoms with Crippen molar-refractivity contribution >= 4 is 11.6 Å². The maximum atomic E-state index is 13.0. The summed E-state index contributed by atoms with van der Waals surface area (Å²) in [6.45, 7) is -1.24. The summed E-state index contributed by atoms with van der Waals surface area (Å²) in [5.41, 5.74) is 2.18. The first-order chi connectivity index (χ1) is 12.9. The molecule has 3 rings (SSSR count). The largest absolute Gasteiger partial charge is 0.486 e. The Kier molecular flexibility index (Phi) is 5.24. The van der Waals surface area contributed by atoms with Gasteiger partial charge in [-0.15, -0.1) is 0 Å². The molecule has 0 aliphatic carbocycles. The van der Waals surface area contributed by atoms with Gasteiger partial charge < -0.3 is 30.5 Å². The van der Waals surface area contributed by atoms with E-state index in [-0.39, 0.29) is 5.82 Å². The number of ether oxygens (including phenoxy) is 2. The van der Waals surface area contributed by atoms with Crippen LogP contribution in [0.15, 0.2) is 47.4 Å². The number of nitrogens with zero attached hydrogens (tertiary/aromatic N) is 2. The number of Topliss-reactive ketones (excluding diaryl/α,β-unsaturated/α-hetero) is 1. The maximum absolute atomic E-state index is 13.0. The Balaban J connectivity index is 2.00. The third kappa shape index (κ3) is 3.30. The lowest BCUT2D eigenvalue weighted by Crippen LogP contribution is -2.57. The molecule has 1 aromatic carbocycles. The van der Waals surface area contributed by atoms with E-state index in [9.17, 15) is 24.9 Å². The van der Waals surface area contributed by atoms with Gasteiger partial charge in [-0.1, -0.05) is 18.2 Å². The standard InChI is InChI=1S/C17H19N3O7/c18-13-6-7-20(16(25)19-13)17(15(24)14(23)11(8-21)27-17)12(22)9-26-10-4-2-1-3-5-10/h1-7,11,14-15,21,23-24H,8-9H2,(H2,18,19,25)/t11-,14-,15-,17-/m1/s1. The molecule has 1 aliphatic heterocycles. The fourth-order valence-electron chi connectivity index (χ4n) is 2.95. The Bertz CT molecular complexity index is 872. The number of nitrogen functional groups attached to an aromatic ring is 1. The van der Waals surface area contributed by atoms with Crippen LogP contribution in [0.2, 0.25) is 0 Å². The van der Waals surface area contributed by atoms with Crippen molar-refractivity contribution in [2.75, 3.05) is 18.9 Å². The third-order valence-electron chi connectivity index (χ3n) is 4.31. The predicted octanol–water partition coefficient (Wildman–Crippen LogP) is -1.76. The molecule has 4 atom stereocenters. The second-order valence-electron chi connectivity index (χ2n) is 6.00. The molecule has 0 radical (unpaired) electrons. The number of aliphatic hydroxyl groups excluding tert-OH is 3. The molecule has 5 N–H and O–H groups in total. The lowest BCUT2D eigenvalue weighted by Gasteiger charge is -2.32. The summed E-state index contributed by atoms with van der Waals surface area (Å²) in [5, 5.41) is 30.1. The minimum atomic E-state index is -2.32. The smallest absolute Gasteiger partial charge is 0.352 e. The fraction of sp³-hybridized carbons (Fsp3) is 0.353. The van der Waals surface area contributed by atoms with Gasteiger partial charge in [0.15, 0.2) is 6.61 Å². The van der Waals surface area contributed by atoms with Gasteiger partial charge in [0.2, 0.25) is 11.5 Å². The van der Waals surface area contributed by atoms with Gasteiger partial charge in [0.1, 0.15) is 29.9 Å². The number of benzene rings is 1. The van der Waals surface area contributed by atoms with E-state index in [1.54, 1.807) is 30.3 Å². The van der Waals surface area contributed by atoms with Crippen molar-refractivity contribution in [2.45, 2.75) is 24.0 Å².